The predicted octanol–water partition coefficient (Wildman–Crippen LogP) is 2.51. The maximum atomic E-state index is 12.5. The highest BCUT2D eigenvalue weighted by molar-refractivity contribution is 9.10. The Morgan fingerprint density at radius 1 is 1.48 bits per heavy atom. The minimum absolute atomic E-state index is 0.0620. The van der Waals surface area contributed by atoms with Gasteiger partial charge in [-0.25, -0.2) is 4.68 Å². The molecule has 0 spiro atoms. The van der Waals surface area contributed by atoms with Crippen molar-refractivity contribution in [3.8, 4) is 5.88 Å². The number of likely N-dealkylation sites (N-methyl/N-ethyl adjacent to an activating group) is 1. The third-order valence-electron chi connectivity index (χ3n) is 2.99. The molecular formula is C13H19BrF3N3O3. The van der Waals surface area contributed by atoms with Gasteiger partial charge in [0, 0.05) is 20.7 Å². The molecule has 23 heavy (non-hydrogen) atoms. The maximum Gasteiger partial charge on any atom is 0.471 e. The van der Waals surface area contributed by atoms with Gasteiger partial charge in [0.05, 0.1) is 13.2 Å². The number of hydrogen-bond donors (Lipinski definition) is 0. The Balaban J connectivity index is 2.80. The van der Waals surface area contributed by atoms with Crippen LogP contribution in [0.2, 0.25) is 0 Å². The Bertz CT molecular complexity index is 549. The van der Waals surface area contributed by atoms with E-state index in [9.17, 15) is 18.0 Å². The van der Waals surface area contributed by atoms with Crippen molar-refractivity contribution in [2.45, 2.75) is 32.7 Å². The van der Waals surface area contributed by atoms with Gasteiger partial charge in [-0.15, -0.1) is 0 Å². The van der Waals surface area contributed by atoms with Crippen molar-refractivity contribution in [2.75, 3.05) is 20.2 Å². The van der Waals surface area contributed by atoms with Crippen molar-refractivity contribution in [2.24, 2.45) is 7.05 Å². The first kappa shape index (κ1) is 19.8. The van der Waals surface area contributed by atoms with Crippen molar-refractivity contribution in [3.05, 3.63) is 10.2 Å². The summed E-state index contributed by atoms with van der Waals surface area (Å²) in [4.78, 5) is 12.0. The van der Waals surface area contributed by atoms with Crippen LogP contribution in [0, 0.1) is 0 Å². The van der Waals surface area contributed by atoms with Crippen LogP contribution < -0.4 is 4.74 Å². The van der Waals surface area contributed by atoms with Gasteiger partial charge in [0.2, 0.25) is 5.88 Å². The van der Waals surface area contributed by atoms with Gasteiger partial charge in [0.1, 0.15) is 16.3 Å². The predicted molar refractivity (Wildman–Crippen MR) is 80.0 cm³/mol. The van der Waals surface area contributed by atoms with Crippen LogP contribution in [0.3, 0.4) is 0 Å². The van der Waals surface area contributed by atoms with E-state index in [1.807, 2.05) is 0 Å². The average Bonchev–Trinajstić information content (AvgIpc) is 2.71. The number of carbonyl (C=O) groups excluding carboxylic acids is 1. The molecule has 0 unspecified atom stereocenters. The molecule has 0 saturated heterocycles. The van der Waals surface area contributed by atoms with Crippen LogP contribution in [-0.4, -0.2) is 53.1 Å². The number of rotatable bonds is 7. The number of aryl methyl sites for hydroxylation is 1. The summed E-state index contributed by atoms with van der Waals surface area (Å²) < 4.78 is 50.2. The van der Waals surface area contributed by atoms with E-state index >= 15 is 0 Å². The fraction of sp³-hybridized carbons (Fsp3) is 0.692. The number of aromatic nitrogens is 2. The van der Waals surface area contributed by atoms with Crippen molar-refractivity contribution in [1.29, 1.82) is 0 Å². The second kappa shape index (κ2) is 8.00. The van der Waals surface area contributed by atoms with Gasteiger partial charge in [0.15, 0.2) is 0 Å². The summed E-state index contributed by atoms with van der Waals surface area (Å²) in [6, 6.07) is 0. The Morgan fingerprint density at radius 2 is 2.09 bits per heavy atom. The molecule has 0 bridgehead atoms. The number of methoxy groups -OCH3 is 1. The lowest BCUT2D eigenvalue weighted by atomic mass is 10.3. The molecule has 0 fully saturated rings. The first-order valence-electron chi connectivity index (χ1n) is 6.84. The minimum atomic E-state index is -4.89. The van der Waals surface area contributed by atoms with Crippen LogP contribution in [0.15, 0.2) is 4.47 Å². The van der Waals surface area contributed by atoms with Crippen molar-refractivity contribution in [3.63, 3.8) is 0 Å². The molecule has 10 heteroatoms. The number of ether oxygens (including phenoxy) is 2. The summed E-state index contributed by atoms with van der Waals surface area (Å²) in [6.45, 7) is 3.08. The van der Waals surface area contributed by atoms with Gasteiger partial charge in [-0.2, -0.15) is 18.3 Å². The second-order valence-corrected chi connectivity index (χ2v) is 5.69. The van der Waals surface area contributed by atoms with Crippen LogP contribution in [0.1, 0.15) is 19.5 Å². The molecule has 1 rings (SSSR count). The van der Waals surface area contributed by atoms with Gasteiger partial charge in [-0.05, 0) is 29.8 Å². The highest BCUT2D eigenvalue weighted by Crippen LogP contribution is 2.29. The normalized spacial score (nSPS) is 13.0. The van der Waals surface area contributed by atoms with E-state index in [1.54, 1.807) is 14.0 Å². The van der Waals surface area contributed by atoms with E-state index < -0.39 is 18.2 Å². The third-order valence-corrected chi connectivity index (χ3v) is 3.79. The van der Waals surface area contributed by atoms with Gasteiger partial charge >= 0.3 is 12.1 Å². The standard InChI is InChI=1S/C13H19BrF3N3O3/c1-5-20(12(21)13(15,16)17)6-8(2)23-11-10(14)9(7-22-4)18-19(11)3/h8H,5-7H2,1-4H3/t8-/m0/s1. The van der Waals surface area contributed by atoms with Crippen molar-refractivity contribution < 1.29 is 27.4 Å². The highest BCUT2D eigenvalue weighted by Gasteiger charge is 2.42. The zero-order valence-corrected chi connectivity index (χ0v) is 14.9. The lowest BCUT2D eigenvalue weighted by molar-refractivity contribution is -0.186. The summed E-state index contributed by atoms with van der Waals surface area (Å²) in [7, 11) is 3.16. The van der Waals surface area contributed by atoms with Gasteiger partial charge in [0.25, 0.3) is 0 Å². The maximum absolute atomic E-state index is 12.5. The molecule has 0 N–H and O–H groups in total. The third kappa shape index (κ3) is 5.10. The second-order valence-electron chi connectivity index (χ2n) is 4.89. The molecule has 1 heterocycles. The van der Waals surface area contributed by atoms with E-state index in [0.29, 0.717) is 20.9 Å². The lowest BCUT2D eigenvalue weighted by Crippen LogP contribution is -2.45. The van der Waals surface area contributed by atoms with E-state index in [2.05, 4.69) is 21.0 Å². The van der Waals surface area contributed by atoms with E-state index in [-0.39, 0.29) is 19.7 Å². The largest absolute Gasteiger partial charge is 0.472 e. The van der Waals surface area contributed by atoms with Gasteiger partial charge in [-0.1, -0.05) is 0 Å². The van der Waals surface area contributed by atoms with Crippen molar-refractivity contribution in [1.82, 2.24) is 14.7 Å². The number of alkyl halides is 3. The zero-order chi connectivity index (χ0) is 17.8. The highest BCUT2D eigenvalue weighted by atomic mass is 79.9. The smallest absolute Gasteiger partial charge is 0.471 e. The number of carbonyl (C=O) groups is 1. The number of halogens is 4. The summed E-state index contributed by atoms with van der Waals surface area (Å²) in [5.41, 5.74) is 0.607. The SMILES string of the molecule is CCN(C[C@H](C)Oc1c(Br)c(COC)nn1C)C(=O)C(F)(F)F. The molecule has 1 aromatic rings. The Kier molecular flexibility index (Phi) is 6.87. The van der Waals surface area contributed by atoms with Crippen LogP contribution >= 0.6 is 15.9 Å². The first-order valence-corrected chi connectivity index (χ1v) is 7.64. The van der Waals surface area contributed by atoms with E-state index in [4.69, 9.17) is 9.47 Å². The van der Waals surface area contributed by atoms with E-state index in [1.165, 1.54) is 18.7 Å². The fourth-order valence-electron chi connectivity index (χ4n) is 1.97. The Hall–Kier alpha value is -1.29. The molecule has 0 aliphatic rings. The fourth-order valence-corrected chi connectivity index (χ4v) is 2.51. The molecule has 0 aliphatic carbocycles. The zero-order valence-electron chi connectivity index (χ0n) is 13.3. The lowest BCUT2D eigenvalue weighted by Gasteiger charge is -2.25. The molecule has 0 radical (unpaired) electrons. The summed E-state index contributed by atoms with van der Waals surface area (Å²) >= 11 is 3.33. The quantitative estimate of drug-likeness (QED) is 0.704. The topological polar surface area (TPSA) is 56.6 Å². The van der Waals surface area contributed by atoms with Crippen molar-refractivity contribution >= 4 is 21.8 Å². The molecule has 0 aromatic carbocycles. The number of hydrogen-bond acceptors (Lipinski definition) is 4. The average molecular weight is 402 g/mol. The van der Waals surface area contributed by atoms with Gasteiger partial charge < -0.3 is 14.4 Å². The summed E-state index contributed by atoms with van der Waals surface area (Å²) in [5, 5.41) is 4.19. The molecule has 1 amide bonds. The molecule has 1 aromatic heterocycles. The molecule has 0 saturated carbocycles. The Labute approximate surface area is 140 Å². The summed E-state index contributed by atoms with van der Waals surface area (Å²) in [5.74, 6) is -1.51. The van der Waals surface area contributed by atoms with Crippen LogP contribution in [0.5, 0.6) is 5.88 Å². The first-order chi connectivity index (χ1) is 10.6. The van der Waals surface area contributed by atoms with Crippen LogP contribution in [0.25, 0.3) is 0 Å². The minimum Gasteiger partial charge on any atom is -0.472 e. The van der Waals surface area contributed by atoms with Crippen LogP contribution in [0.4, 0.5) is 13.2 Å². The number of nitrogens with zero attached hydrogens (tertiary/aromatic N) is 3. The molecule has 6 nitrogen and oxygen atoms in total. The monoisotopic (exact) mass is 401 g/mol. The number of amides is 1. The molecule has 1 atom stereocenters. The molecular weight excluding hydrogens is 383 g/mol. The van der Waals surface area contributed by atoms with E-state index in [0.717, 1.165) is 0 Å². The Morgan fingerprint density at radius 3 is 2.57 bits per heavy atom. The molecule has 0 aliphatic heterocycles. The van der Waals surface area contributed by atoms with Gasteiger partial charge in [-0.3, -0.25) is 4.79 Å². The molecule has 132 valence electrons. The summed E-state index contributed by atoms with van der Waals surface area (Å²) in [6.07, 6.45) is -5.54. The van der Waals surface area contributed by atoms with Crippen LogP contribution in [-0.2, 0) is 23.2 Å².